The molecule has 0 aliphatic rings. The fraction of sp³-hybridized carbons (Fsp3) is 0.267. The van der Waals surface area contributed by atoms with Crippen LogP contribution in [-0.4, -0.2) is 25.2 Å². The van der Waals surface area contributed by atoms with Crippen molar-refractivity contribution in [1.29, 1.82) is 0 Å². The summed E-state index contributed by atoms with van der Waals surface area (Å²) in [6.45, 7) is 4.03. The minimum atomic E-state index is -0.139. The van der Waals surface area contributed by atoms with Crippen LogP contribution in [0.2, 0.25) is 0 Å². The van der Waals surface area contributed by atoms with Gasteiger partial charge in [-0.1, -0.05) is 12.1 Å². The summed E-state index contributed by atoms with van der Waals surface area (Å²) in [4.78, 5) is 16.6. The number of amides is 1. The highest BCUT2D eigenvalue weighted by atomic mass is 16.2. The minimum Gasteiger partial charge on any atom is -0.313 e. The molecule has 108 valence electrons. The van der Waals surface area contributed by atoms with E-state index in [2.05, 4.69) is 15.4 Å². The number of imidazole rings is 1. The second kappa shape index (κ2) is 5.05. The third-order valence-corrected chi connectivity index (χ3v) is 3.44. The fourth-order valence-corrected chi connectivity index (χ4v) is 2.39. The van der Waals surface area contributed by atoms with Crippen molar-refractivity contribution in [2.45, 2.75) is 20.4 Å². The van der Waals surface area contributed by atoms with E-state index in [1.807, 2.05) is 55.8 Å². The Kier molecular flexibility index (Phi) is 3.21. The molecule has 0 unspecified atom stereocenters. The van der Waals surface area contributed by atoms with E-state index in [0.717, 1.165) is 22.4 Å². The van der Waals surface area contributed by atoms with Crippen LogP contribution in [-0.2, 0) is 18.4 Å². The van der Waals surface area contributed by atoms with Crippen LogP contribution in [0.15, 0.2) is 30.3 Å². The monoisotopic (exact) mass is 283 g/mol. The summed E-state index contributed by atoms with van der Waals surface area (Å²) in [5, 5.41) is 7.12. The van der Waals surface area contributed by atoms with Crippen LogP contribution in [0, 0.1) is 13.8 Å². The number of benzene rings is 1. The summed E-state index contributed by atoms with van der Waals surface area (Å²) < 4.78 is 3.56. The molecule has 1 N–H and O–H groups in total. The zero-order valence-corrected chi connectivity index (χ0v) is 12.3. The Morgan fingerprint density at radius 3 is 2.71 bits per heavy atom. The predicted molar refractivity (Wildman–Crippen MR) is 81.0 cm³/mol. The molecule has 0 spiro atoms. The van der Waals surface area contributed by atoms with Gasteiger partial charge < -0.3 is 4.57 Å². The Balaban J connectivity index is 1.80. The number of carbonyl (C=O) groups is 1. The van der Waals surface area contributed by atoms with Gasteiger partial charge in [-0.3, -0.25) is 14.8 Å². The van der Waals surface area contributed by atoms with E-state index in [1.165, 1.54) is 0 Å². The van der Waals surface area contributed by atoms with Gasteiger partial charge in [0.15, 0.2) is 0 Å². The van der Waals surface area contributed by atoms with E-state index in [-0.39, 0.29) is 12.5 Å². The van der Waals surface area contributed by atoms with Gasteiger partial charge in [0.1, 0.15) is 6.54 Å². The molecule has 6 nitrogen and oxygen atoms in total. The van der Waals surface area contributed by atoms with Gasteiger partial charge in [-0.05, 0) is 32.0 Å². The van der Waals surface area contributed by atoms with Crippen LogP contribution in [0.1, 0.15) is 11.4 Å². The number of hydrogen-bond acceptors (Lipinski definition) is 3. The highest BCUT2D eigenvalue weighted by molar-refractivity contribution is 5.91. The average Bonchev–Trinajstić information content (AvgIpc) is 2.91. The van der Waals surface area contributed by atoms with Gasteiger partial charge in [0.25, 0.3) is 0 Å². The molecule has 0 saturated carbocycles. The van der Waals surface area contributed by atoms with Gasteiger partial charge in [0.2, 0.25) is 11.9 Å². The number of aryl methyl sites for hydroxylation is 3. The van der Waals surface area contributed by atoms with E-state index in [9.17, 15) is 4.79 Å². The number of fused-ring (bicyclic) bond motifs is 1. The molecular weight excluding hydrogens is 266 g/mol. The maximum atomic E-state index is 12.1. The summed E-state index contributed by atoms with van der Waals surface area (Å²) in [5.41, 5.74) is 3.72. The first-order chi connectivity index (χ1) is 10.0. The van der Waals surface area contributed by atoms with Crippen LogP contribution < -0.4 is 5.32 Å². The number of para-hydroxylation sites is 2. The normalized spacial score (nSPS) is 11.0. The van der Waals surface area contributed by atoms with Crippen molar-refractivity contribution in [1.82, 2.24) is 19.3 Å². The summed E-state index contributed by atoms with van der Waals surface area (Å²) in [6, 6.07) is 9.72. The van der Waals surface area contributed by atoms with E-state index >= 15 is 0 Å². The van der Waals surface area contributed by atoms with Crippen molar-refractivity contribution >= 4 is 22.9 Å². The lowest BCUT2D eigenvalue weighted by Gasteiger charge is -2.06. The highest BCUT2D eigenvalue weighted by Gasteiger charge is 2.12. The molecule has 0 radical (unpaired) electrons. The molecule has 0 aliphatic carbocycles. The lowest BCUT2D eigenvalue weighted by atomic mass is 10.3. The molecule has 3 aromatic rings. The molecule has 0 aliphatic heterocycles. The van der Waals surface area contributed by atoms with Crippen molar-refractivity contribution < 1.29 is 4.79 Å². The van der Waals surface area contributed by atoms with Gasteiger partial charge in [-0.2, -0.15) is 5.10 Å². The number of nitrogens with zero attached hydrogens (tertiary/aromatic N) is 4. The summed E-state index contributed by atoms with van der Waals surface area (Å²) >= 11 is 0. The first kappa shape index (κ1) is 13.4. The molecule has 2 aromatic heterocycles. The van der Waals surface area contributed by atoms with Crippen LogP contribution in [0.3, 0.4) is 0 Å². The topological polar surface area (TPSA) is 64.7 Å². The quantitative estimate of drug-likeness (QED) is 0.800. The summed E-state index contributed by atoms with van der Waals surface area (Å²) in [6.07, 6.45) is 0. The second-order valence-electron chi connectivity index (χ2n) is 5.12. The molecule has 3 rings (SSSR count). The largest absolute Gasteiger partial charge is 0.313 e. The molecule has 1 amide bonds. The van der Waals surface area contributed by atoms with Gasteiger partial charge in [-0.15, -0.1) is 0 Å². The summed E-state index contributed by atoms with van der Waals surface area (Å²) in [7, 11) is 1.88. The SMILES string of the molecule is Cc1cc(C)n(CC(=O)Nc2nc3ccccc3n2C)n1. The number of nitrogens with one attached hydrogen (secondary N) is 1. The summed E-state index contributed by atoms with van der Waals surface area (Å²) in [5.74, 6) is 0.405. The lowest BCUT2D eigenvalue weighted by molar-refractivity contribution is -0.117. The first-order valence-electron chi connectivity index (χ1n) is 6.77. The van der Waals surface area contributed by atoms with Crippen LogP contribution >= 0.6 is 0 Å². The van der Waals surface area contributed by atoms with Crippen molar-refractivity contribution in [2.75, 3.05) is 5.32 Å². The second-order valence-corrected chi connectivity index (χ2v) is 5.12. The molecule has 21 heavy (non-hydrogen) atoms. The third-order valence-electron chi connectivity index (χ3n) is 3.44. The van der Waals surface area contributed by atoms with Crippen molar-refractivity contribution in [3.8, 4) is 0 Å². The van der Waals surface area contributed by atoms with Crippen LogP contribution in [0.5, 0.6) is 0 Å². The molecule has 0 saturated heterocycles. The Labute approximate surface area is 122 Å². The van der Waals surface area contributed by atoms with Crippen molar-refractivity contribution in [2.24, 2.45) is 7.05 Å². The molecule has 0 bridgehead atoms. The maximum absolute atomic E-state index is 12.1. The van der Waals surface area contributed by atoms with Gasteiger partial charge in [0, 0.05) is 12.7 Å². The molecule has 0 atom stereocenters. The average molecular weight is 283 g/mol. The molecule has 2 heterocycles. The molecule has 6 heteroatoms. The highest BCUT2D eigenvalue weighted by Crippen LogP contribution is 2.17. The number of hydrogen-bond donors (Lipinski definition) is 1. The van der Waals surface area contributed by atoms with Gasteiger partial charge in [0.05, 0.1) is 16.7 Å². The van der Waals surface area contributed by atoms with E-state index < -0.39 is 0 Å². The number of rotatable bonds is 3. The minimum absolute atomic E-state index is 0.139. The lowest BCUT2D eigenvalue weighted by Crippen LogP contribution is -2.22. The Hall–Kier alpha value is -2.63. The zero-order valence-electron chi connectivity index (χ0n) is 12.3. The molecular formula is C15H17N5O. The van der Waals surface area contributed by atoms with Crippen molar-refractivity contribution in [3.63, 3.8) is 0 Å². The van der Waals surface area contributed by atoms with Crippen LogP contribution in [0.4, 0.5) is 5.95 Å². The van der Waals surface area contributed by atoms with E-state index in [4.69, 9.17) is 0 Å². The number of carbonyl (C=O) groups excluding carboxylic acids is 1. The van der Waals surface area contributed by atoms with E-state index in [1.54, 1.807) is 4.68 Å². The Morgan fingerprint density at radius 1 is 1.29 bits per heavy atom. The first-order valence-corrected chi connectivity index (χ1v) is 6.77. The third kappa shape index (κ3) is 2.52. The van der Waals surface area contributed by atoms with Crippen molar-refractivity contribution in [3.05, 3.63) is 41.7 Å². The fourth-order valence-electron chi connectivity index (χ4n) is 2.39. The molecule has 0 fully saturated rings. The van der Waals surface area contributed by atoms with Crippen LogP contribution in [0.25, 0.3) is 11.0 Å². The molecule has 1 aromatic carbocycles. The maximum Gasteiger partial charge on any atom is 0.248 e. The zero-order chi connectivity index (χ0) is 15.0. The van der Waals surface area contributed by atoms with Gasteiger partial charge in [-0.25, -0.2) is 4.98 Å². The number of aromatic nitrogens is 4. The Bertz CT molecular complexity index is 815. The van der Waals surface area contributed by atoms with E-state index in [0.29, 0.717) is 5.95 Å². The smallest absolute Gasteiger partial charge is 0.248 e. The van der Waals surface area contributed by atoms with Gasteiger partial charge >= 0.3 is 0 Å². The predicted octanol–water partition coefficient (Wildman–Crippen LogP) is 2.03. The standard InChI is InChI=1S/C15H17N5O/c1-10-8-11(2)20(18-10)9-14(21)17-15-16-12-6-4-5-7-13(12)19(15)3/h4-8H,9H2,1-3H3,(H,16,17,21). The number of anilines is 1. The Morgan fingerprint density at radius 2 is 2.05 bits per heavy atom.